The van der Waals surface area contributed by atoms with Crippen LogP contribution in [0.2, 0.25) is 0 Å². The minimum atomic E-state index is -0.613. The Morgan fingerprint density at radius 1 is 1.26 bits per heavy atom. The number of aromatic nitrogens is 2. The van der Waals surface area contributed by atoms with E-state index >= 15 is 0 Å². The SMILES string of the molecule is CNCCCNC(=O)C(C)NC(=O)c1n[nH]c2ccccc12.Cl. The van der Waals surface area contributed by atoms with Gasteiger partial charge in [0.1, 0.15) is 6.04 Å². The molecule has 2 amide bonds. The quantitative estimate of drug-likeness (QED) is 0.561. The summed E-state index contributed by atoms with van der Waals surface area (Å²) in [5.41, 5.74) is 1.09. The summed E-state index contributed by atoms with van der Waals surface area (Å²) in [5.74, 6) is -0.570. The van der Waals surface area contributed by atoms with Crippen molar-refractivity contribution in [1.29, 1.82) is 0 Å². The molecule has 126 valence electrons. The number of para-hydroxylation sites is 1. The molecule has 0 aliphatic carbocycles. The van der Waals surface area contributed by atoms with Gasteiger partial charge in [0, 0.05) is 11.9 Å². The third kappa shape index (κ3) is 4.94. The Morgan fingerprint density at radius 2 is 2.00 bits per heavy atom. The summed E-state index contributed by atoms with van der Waals surface area (Å²) >= 11 is 0. The second-order valence-electron chi connectivity index (χ2n) is 5.06. The first-order valence-electron chi connectivity index (χ1n) is 7.29. The van der Waals surface area contributed by atoms with Crippen LogP contribution in [0.25, 0.3) is 10.9 Å². The number of nitrogens with zero attached hydrogens (tertiary/aromatic N) is 1. The maximum absolute atomic E-state index is 12.2. The third-order valence-electron chi connectivity index (χ3n) is 3.33. The maximum Gasteiger partial charge on any atom is 0.273 e. The molecule has 8 heteroatoms. The van der Waals surface area contributed by atoms with E-state index in [4.69, 9.17) is 0 Å². The first kappa shape index (κ1) is 18.9. The molecule has 1 aromatic heterocycles. The van der Waals surface area contributed by atoms with Crippen molar-refractivity contribution < 1.29 is 9.59 Å². The lowest BCUT2D eigenvalue weighted by molar-refractivity contribution is -0.122. The number of hydrogen-bond donors (Lipinski definition) is 4. The molecule has 2 aromatic rings. The molecule has 1 atom stereocenters. The molecule has 0 spiro atoms. The fraction of sp³-hybridized carbons (Fsp3) is 0.400. The number of amides is 2. The van der Waals surface area contributed by atoms with Crippen molar-refractivity contribution >= 4 is 35.1 Å². The number of carbonyl (C=O) groups is 2. The summed E-state index contributed by atoms with van der Waals surface area (Å²) < 4.78 is 0. The smallest absolute Gasteiger partial charge is 0.273 e. The normalized spacial score (nSPS) is 11.6. The molecule has 0 saturated heterocycles. The average molecular weight is 340 g/mol. The molecule has 0 bridgehead atoms. The molecule has 0 saturated carbocycles. The molecule has 23 heavy (non-hydrogen) atoms. The number of aromatic amines is 1. The summed E-state index contributed by atoms with van der Waals surface area (Å²) in [7, 11) is 1.86. The molecule has 1 aromatic carbocycles. The van der Waals surface area contributed by atoms with E-state index in [2.05, 4.69) is 26.1 Å². The van der Waals surface area contributed by atoms with E-state index < -0.39 is 6.04 Å². The van der Waals surface area contributed by atoms with Gasteiger partial charge in [-0.05, 0) is 33.0 Å². The van der Waals surface area contributed by atoms with E-state index in [1.54, 1.807) is 6.92 Å². The number of halogens is 1. The fourth-order valence-electron chi connectivity index (χ4n) is 2.10. The van der Waals surface area contributed by atoms with Gasteiger partial charge in [0.25, 0.3) is 5.91 Å². The van der Waals surface area contributed by atoms with Crippen LogP contribution in [-0.2, 0) is 4.79 Å². The molecule has 4 N–H and O–H groups in total. The second kappa shape index (κ2) is 9.12. The van der Waals surface area contributed by atoms with Gasteiger partial charge >= 0.3 is 0 Å². The Hall–Kier alpha value is -2.12. The highest BCUT2D eigenvalue weighted by molar-refractivity contribution is 6.05. The third-order valence-corrected chi connectivity index (χ3v) is 3.33. The van der Waals surface area contributed by atoms with Gasteiger partial charge < -0.3 is 16.0 Å². The Labute approximate surface area is 141 Å². The molecule has 1 unspecified atom stereocenters. The highest BCUT2D eigenvalue weighted by atomic mass is 35.5. The molecule has 7 nitrogen and oxygen atoms in total. The molecule has 1 heterocycles. The van der Waals surface area contributed by atoms with Crippen LogP contribution < -0.4 is 16.0 Å². The van der Waals surface area contributed by atoms with Gasteiger partial charge in [0.15, 0.2) is 5.69 Å². The van der Waals surface area contributed by atoms with Gasteiger partial charge in [-0.15, -0.1) is 12.4 Å². The minimum Gasteiger partial charge on any atom is -0.354 e. The standard InChI is InChI=1S/C15H21N5O2.ClH/c1-10(14(21)17-9-5-8-16-2)18-15(22)13-11-6-3-4-7-12(11)19-20-13;/h3-4,6-7,10,16H,5,8-9H2,1-2H3,(H,17,21)(H,18,22)(H,19,20);1H. The molecule has 0 aliphatic heterocycles. The summed E-state index contributed by atoms with van der Waals surface area (Å²) in [4.78, 5) is 24.1. The van der Waals surface area contributed by atoms with E-state index in [-0.39, 0.29) is 24.2 Å². The zero-order valence-corrected chi connectivity index (χ0v) is 14.0. The van der Waals surface area contributed by atoms with Crippen LogP contribution in [0.3, 0.4) is 0 Å². The topological polar surface area (TPSA) is 98.9 Å². The van der Waals surface area contributed by atoms with Gasteiger partial charge in [-0.3, -0.25) is 14.7 Å². The van der Waals surface area contributed by atoms with Crippen molar-refractivity contribution in [3.8, 4) is 0 Å². The van der Waals surface area contributed by atoms with Gasteiger partial charge in [0.05, 0.1) is 5.52 Å². The Balaban J connectivity index is 0.00000264. The summed E-state index contributed by atoms with van der Waals surface area (Å²) in [6.07, 6.45) is 0.840. The molecule has 0 aliphatic rings. The van der Waals surface area contributed by atoms with E-state index in [1.165, 1.54) is 0 Å². The number of fused-ring (bicyclic) bond motifs is 1. The molecular formula is C15H22ClN5O2. The number of rotatable bonds is 7. The van der Waals surface area contributed by atoms with E-state index in [9.17, 15) is 9.59 Å². The minimum absolute atomic E-state index is 0. The van der Waals surface area contributed by atoms with Crippen LogP contribution in [0, 0.1) is 0 Å². The number of benzene rings is 1. The van der Waals surface area contributed by atoms with Crippen LogP contribution in [0.4, 0.5) is 0 Å². The van der Waals surface area contributed by atoms with E-state index in [0.29, 0.717) is 12.2 Å². The molecular weight excluding hydrogens is 318 g/mol. The summed E-state index contributed by atoms with van der Waals surface area (Å²) in [6, 6.07) is 6.75. The van der Waals surface area contributed by atoms with Crippen molar-refractivity contribution in [2.45, 2.75) is 19.4 Å². The lowest BCUT2D eigenvalue weighted by Crippen LogP contribution is -2.45. The number of carbonyl (C=O) groups excluding carboxylic acids is 2. The van der Waals surface area contributed by atoms with Gasteiger partial charge in [-0.2, -0.15) is 5.10 Å². The van der Waals surface area contributed by atoms with Crippen molar-refractivity contribution in [3.05, 3.63) is 30.0 Å². The number of H-pyrrole nitrogens is 1. The number of hydrogen-bond acceptors (Lipinski definition) is 4. The first-order chi connectivity index (χ1) is 10.6. The van der Waals surface area contributed by atoms with Crippen LogP contribution in [0.1, 0.15) is 23.8 Å². The van der Waals surface area contributed by atoms with Crippen LogP contribution in [0.5, 0.6) is 0 Å². The van der Waals surface area contributed by atoms with Crippen molar-refractivity contribution in [1.82, 2.24) is 26.1 Å². The van der Waals surface area contributed by atoms with Gasteiger partial charge in [-0.25, -0.2) is 0 Å². The highest BCUT2D eigenvalue weighted by Crippen LogP contribution is 2.14. The maximum atomic E-state index is 12.2. The monoisotopic (exact) mass is 339 g/mol. The Morgan fingerprint density at radius 3 is 2.74 bits per heavy atom. The molecule has 0 fully saturated rings. The molecule has 0 radical (unpaired) electrons. The van der Waals surface area contributed by atoms with Gasteiger partial charge in [0.2, 0.25) is 5.91 Å². The van der Waals surface area contributed by atoms with Crippen molar-refractivity contribution in [3.63, 3.8) is 0 Å². The predicted molar refractivity (Wildman–Crippen MR) is 91.8 cm³/mol. The molecule has 2 rings (SSSR count). The van der Waals surface area contributed by atoms with Crippen molar-refractivity contribution in [2.75, 3.05) is 20.1 Å². The average Bonchev–Trinajstić information content (AvgIpc) is 2.95. The van der Waals surface area contributed by atoms with Crippen molar-refractivity contribution in [2.24, 2.45) is 0 Å². The number of nitrogens with one attached hydrogen (secondary N) is 4. The largest absolute Gasteiger partial charge is 0.354 e. The lowest BCUT2D eigenvalue weighted by Gasteiger charge is -2.13. The Bertz CT molecular complexity index is 658. The van der Waals surface area contributed by atoms with Gasteiger partial charge in [-0.1, -0.05) is 18.2 Å². The highest BCUT2D eigenvalue weighted by Gasteiger charge is 2.19. The zero-order valence-electron chi connectivity index (χ0n) is 13.2. The van der Waals surface area contributed by atoms with E-state index in [0.717, 1.165) is 23.9 Å². The fourth-order valence-corrected chi connectivity index (χ4v) is 2.10. The van der Waals surface area contributed by atoms with E-state index in [1.807, 2.05) is 31.3 Å². The second-order valence-corrected chi connectivity index (χ2v) is 5.06. The summed E-state index contributed by atoms with van der Waals surface area (Å²) in [5, 5.41) is 16.0. The van der Waals surface area contributed by atoms with Crippen LogP contribution >= 0.6 is 12.4 Å². The summed E-state index contributed by atoms with van der Waals surface area (Å²) in [6.45, 7) is 3.06. The lowest BCUT2D eigenvalue weighted by atomic mass is 10.2. The predicted octanol–water partition coefficient (Wildman–Crippen LogP) is 0.829. The zero-order chi connectivity index (χ0) is 15.9. The Kier molecular flexibility index (Phi) is 7.50. The van der Waals surface area contributed by atoms with Crippen LogP contribution in [0.15, 0.2) is 24.3 Å². The van der Waals surface area contributed by atoms with Crippen LogP contribution in [-0.4, -0.2) is 48.2 Å². The first-order valence-corrected chi connectivity index (χ1v) is 7.29.